The summed E-state index contributed by atoms with van der Waals surface area (Å²) in [5.41, 5.74) is 0. The van der Waals surface area contributed by atoms with Crippen LogP contribution in [0.2, 0.25) is 0 Å². The van der Waals surface area contributed by atoms with Crippen molar-refractivity contribution in [2.24, 2.45) is 16.8 Å². The largest absolute Gasteiger partial charge is 0.356 e. The van der Waals surface area contributed by atoms with Gasteiger partial charge in [0.1, 0.15) is 0 Å². The molecule has 0 heterocycles. The van der Waals surface area contributed by atoms with Gasteiger partial charge in [-0.05, 0) is 51.9 Å². The molecule has 2 unspecified atom stereocenters. The second kappa shape index (κ2) is 11.2. The van der Waals surface area contributed by atoms with Crippen LogP contribution in [0, 0.1) is 11.8 Å². The molecule has 3 N–H and O–H groups in total. The number of aliphatic imine (C=N–C) groups is 1. The highest BCUT2D eigenvalue weighted by Gasteiger charge is 2.28. The Balaban J connectivity index is 0.00000288. The fraction of sp³-hybridized carbons (Fsp3) is 0.889. The standard InChI is InChI=1S/C18H34N4O.HI/c1-13(2)21-17(23)15-7-4-8-16(12-15)22-18(19-3)20-11-5-6-14-9-10-14;/h13-16H,4-12H2,1-3H3,(H,21,23)(H2,19,20,22);1H. The summed E-state index contributed by atoms with van der Waals surface area (Å²) < 4.78 is 0. The van der Waals surface area contributed by atoms with Gasteiger partial charge in [-0.15, -0.1) is 24.0 Å². The van der Waals surface area contributed by atoms with E-state index in [4.69, 9.17) is 0 Å². The summed E-state index contributed by atoms with van der Waals surface area (Å²) in [6.07, 6.45) is 9.54. The van der Waals surface area contributed by atoms with Crippen LogP contribution in [-0.4, -0.2) is 37.5 Å². The number of hydrogen-bond acceptors (Lipinski definition) is 2. The van der Waals surface area contributed by atoms with E-state index in [0.717, 1.165) is 44.1 Å². The predicted octanol–water partition coefficient (Wildman–Crippen LogP) is 3.04. The highest BCUT2D eigenvalue weighted by Crippen LogP contribution is 2.33. The van der Waals surface area contributed by atoms with E-state index in [9.17, 15) is 4.79 Å². The fourth-order valence-corrected chi connectivity index (χ4v) is 3.35. The first-order valence-corrected chi connectivity index (χ1v) is 9.36. The van der Waals surface area contributed by atoms with Crippen LogP contribution in [0.5, 0.6) is 0 Å². The van der Waals surface area contributed by atoms with Crippen LogP contribution in [0.25, 0.3) is 0 Å². The molecule has 140 valence electrons. The molecule has 0 spiro atoms. The van der Waals surface area contributed by atoms with Gasteiger partial charge < -0.3 is 16.0 Å². The monoisotopic (exact) mass is 450 g/mol. The molecule has 0 aromatic carbocycles. The first-order chi connectivity index (χ1) is 11.1. The van der Waals surface area contributed by atoms with Crippen LogP contribution in [0.4, 0.5) is 0 Å². The molecule has 0 radical (unpaired) electrons. The summed E-state index contributed by atoms with van der Waals surface area (Å²) in [6, 6.07) is 0.568. The van der Waals surface area contributed by atoms with E-state index in [-0.39, 0.29) is 41.8 Å². The summed E-state index contributed by atoms with van der Waals surface area (Å²) in [5.74, 6) is 2.22. The molecule has 2 aliphatic carbocycles. The van der Waals surface area contributed by atoms with Gasteiger partial charge in [0.25, 0.3) is 0 Å². The molecule has 0 aromatic heterocycles. The van der Waals surface area contributed by atoms with E-state index >= 15 is 0 Å². The second-order valence-corrected chi connectivity index (χ2v) is 7.45. The molecule has 2 atom stereocenters. The van der Waals surface area contributed by atoms with Crippen LogP contribution in [0.1, 0.15) is 65.2 Å². The molecule has 5 nitrogen and oxygen atoms in total. The predicted molar refractivity (Wildman–Crippen MR) is 111 cm³/mol. The maximum Gasteiger partial charge on any atom is 0.223 e. The summed E-state index contributed by atoms with van der Waals surface area (Å²) in [6.45, 7) is 5.02. The molecule has 2 aliphatic rings. The van der Waals surface area contributed by atoms with Gasteiger partial charge in [-0.25, -0.2) is 0 Å². The lowest BCUT2D eigenvalue weighted by atomic mass is 9.85. The van der Waals surface area contributed by atoms with E-state index in [2.05, 4.69) is 20.9 Å². The van der Waals surface area contributed by atoms with Crippen molar-refractivity contribution in [2.75, 3.05) is 13.6 Å². The van der Waals surface area contributed by atoms with E-state index < -0.39 is 0 Å². The van der Waals surface area contributed by atoms with E-state index in [1.807, 2.05) is 20.9 Å². The van der Waals surface area contributed by atoms with Crippen molar-refractivity contribution in [3.05, 3.63) is 0 Å². The molecule has 0 saturated heterocycles. The average molecular weight is 450 g/mol. The van der Waals surface area contributed by atoms with E-state index in [1.165, 1.54) is 25.7 Å². The van der Waals surface area contributed by atoms with Crippen molar-refractivity contribution in [1.29, 1.82) is 0 Å². The summed E-state index contributed by atoms with van der Waals surface area (Å²) >= 11 is 0. The van der Waals surface area contributed by atoms with E-state index in [0.29, 0.717) is 6.04 Å². The number of carbonyl (C=O) groups excluding carboxylic acids is 1. The Kier molecular flexibility index (Phi) is 10.0. The summed E-state index contributed by atoms with van der Waals surface area (Å²) in [7, 11) is 1.82. The average Bonchev–Trinajstić information content (AvgIpc) is 3.34. The SMILES string of the molecule is CN=C(NCCCC1CC1)NC1CCCC(C(=O)NC(C)C)C1.I. The Hall–Kier alpha value is -0.530. The van der Waals surface area contributed by atoms with Gasteiger partial charge in [-0.1, -0.05) is 19.3 Å². The smallest absolute Gasteiger partial charge is 0.223 e. The maximum atomic E-state index is 12.2. The Bertz CT molecular complexity index is 410. The van der Waals surface area contributed by atoms with Crippen molar-refractivity contribution in [2.45, 2.75) is 77.3 Å². The lowest BCUT2D eigenvalue weighted by Gasteiger charge is -2.30. The lowest BCUT2D eigenvalue weighted by Crippen LogP contribution is -2.47. The highest BCUT2D eigenvalue weighted by molar-refractivity contribution is 14.0. The first-order valence-electron chi connectivity index (χ1n) is 9.36. The first kappa shape index (κ1) is 21.5. The molecular formula is C18H35IN4O. The van der Waals surface area contributed by atoms with Crippen molar-refractivity contribution in [3.8, 4) is 0 Å². The topological polar surface area (TPSA) is 65.5 Å². The number of halogens is 1. The number of guanidine groups is 1. The van der Waals surface area contributed by atoms with Crippen molar-refractivity contribution < 1.29 is 4.79 Å². The Morgan fingerprint density at radius 2 is 1.96 bits per heavy atom. The van der Waals surface area contributed by atoms with Crippen molar-refractivity contribution in [1.82, 2.24) is 16.0 Å². The number of rotatable bonds is 7. The zero-order valence-electron chi connectivity index (χ0n) is 15.4. The lowest BCUT2D eigenvalue weighted by molar-refractivity contribution is -0.126. The maximum absolute atomic E-state index is 12.2. The Labute approximate surface area is 164 Å². The summed E-state index contributed by atoms with van der Waals surface area (Å²) in [4.78, 5) is 16.5. The third-order valence-corrected chi connectivity index (χ3v) is 4.82. The van der Waals surface area contributed by atoms with E-state index in [1.54, 1.807) is 0 Å². The van der Waals surface area contributed by atoms with Gasteiger partial charge in [0, 0.05) is 31.6 Å². The minimum absolute atomic E-state index is 0. The number of nitrogens with one attached hydrogen (secondary N) is 3. The third-order valence-electron chi connectivity index (χ3n) is 4.82. The highest BCUT2D eigenvalue weighted by atomic mass is 127. The molecule has 1 amide bonds. The molecule has 2 saturated carbocycles. The molecule has 0 bridgehead atoms. The number of carbonyl (C=O) groups is 1. The van der Waals surface area contributed by atoms with Gasteiger partial charge in [0.15, 0.2) is 5.96 Å². The zero-order valence-corrected chi connectivity index (χ0v) is 17.8. The molecule has 2 rings (SSSR count). The Morgan fingerprint density at radius 1 is 1.21 bits per heavy atom. The van der Waals surface area contributed by atoms with Gasteiger partial charge in [-0.3, -0.25) is 9.79 Å². The van der Waals surface area contributed by atoms with Crippen LogP contribution >= 0.6 is 24.0 Å². The molecular weight excluding hydrogens is 415 g/mol. The third kappa shape index (κ3) is 8.03. The van der Waals surface area contributed by atoms with Gasteiger partial charge >= 0.3 is 0 Å². The quantitative estimate of drug-likeness (QED) is 0.242. The van der Waals surface area contributed by atoms with Crippen LogP contribution in [-0.2, 0) is 4.79 Å². The summed E-state index contributed by atoms with van der Waals surface area (Å²) in [5, 5.41) is 9.97. The molecule has 2 fully saturated rings. The van der Waals surface area contributed by atoms with Crippen LogP contribution in [0.3, 0.4) is 0 Å². The second-order valence-electron chi connectivity index (χ2n) is 7.45. The minimum Gasteiger partial charge on any atom is -0.356 e. The van der Waals surface area contributed by atoms with Crippen molar-refractivity contribution in [3.63, 3.8) is 0 Å². The van der Waals surface area contributed by atoms with Crippen molar-refractivity contribution >= 4 is 35.8 Å². The molecule has 6 heteroatoms. The normalized spacial score (nSPS) is 24.2. The zero-order chi connectivity index (χ0) is 16.7. The molecule has 0 aromatic rings. The number of hydrogen-bond donors (Lipinski definition) is 3. The van der Waals surface area contributed by atoms with Gasteiger partial charge in [-0.2, -0.15) is 0 Å². The van der Waals surface area contributed by atoms with Crippen LogP contribution in [0.15, 0.2) is 4.99 Å². The Morgan fingerprint density at radius 3 is 2.58 bits per heavy atom. The molecule has 24 heavy (non-hydrogen) atoms. The van der Waals surface area contributed by atoms with Gasteiger partial charge in [0.2, 0.25) is 5.91 Å². The number of nitrogens with zero attached hydrogens (tertiary/aromatic N) is 1. The molecule has 0 aliphatic heterocycles. The minimum atomic E-state index is 0. The fourth-order valence-electron chi connectivity index (χ4n) is 3.35. The number of amides is 1. The van der Waals surface area contributed by atoms with Crippen LogP contribution < -0.4 is 16.0 Å². The van der Waals surface area contributed by atoms with Gasteiger partial charge in [0.05, 0.1) is 0 Å².